The zero-order valence-electron chi connectivity index (χ0n) is 14.7. The molecular formula is C16H17IN4O6S. The molecule has 0 spiro atoms. The number of carboxylic acids is 1. The highest BCUT2D eigenvalue weighted by Gasteiger charge is 2.32. The normalized spacial score (nSPS) is 17.7. The van der Waals surface area contributed by atoms with Crippen molar-refractivity contribution in [2.45, 2.75) is 18.6 Å². The summed E-state index contributed by atoms with van der Waals surface area (Å²) < 4.78 is 11.6. The van der Waals surface area contributed by atoms with E-state index in [1.807, 2.05) is 29.5 Å². The molecule has 1 aromatic rings. The van der Waals surface area contributed by atoms with Crippen LogP contribution in [0.2, 0.25) is 0 Å². The van der Waals surface area contributed by atoms with Crippen molar-refractivity contribution in [1.29, 1.82) is 0 Å². The number of halogens is 1. The number of nitrogens with one attached hydrogen (secondary N) is 1. The number of aliphatic carboxylic acids is 1. The first-order valence-electron chi connectivity index (χ1n) is 7.98. The maximum absolute atomic E-state index is 11.7. The first kappa shape index (κ1) is 21.9. The lowest BCUT2D eigenvalue weighted by Gasteiger charge is -2.13. The number of carboxylic acid groups (broad SMARTS) is 1. The van der Waals surface area contributed by atoms with E-state index in [0.717, 1.165) is 11.8 Å². The van der Waals surface area contributed by atoms with Crippen molar-refractivity contribution in [2.24, 2.45) is 15.9 Å². The van der Waals surface area contributed by atoms with Crippen LogP contribution in [0.5, 0.6) is 11.5 Å². The Kier molecular flexibility index (Phi) is 8.04. The molecule has 0 aliphatic carbocycles. The van der Waals surface area contributed by atoms with Crippen LogP contribution in [0.4, 0.5) is 0 Å². The lowest BCUT2D eigenvalue weighted by atomic mass is 10.2. The summed E-state index contributed by atoms with van der Waals surface area (Å²) in [5.74, 6) is -1.24. The predicted molar refractivity (Wildman–Crippen MR) is 112 cm³/mol. The molecule has 1 aromatic carbocycles. The quantitative estimate of drug-likeness (QED) is 0.249. The van der Waals surface area contributed by atoms with Crippen molar-refractivity contribution < 1.29 is 29.0 Å². The van der Waals surface area contributed by atoms with Crippen molar-refractivity contribution in [3.05, 3.63) is 21.3 Å². The molecule has 1 unspecified atom stereocenters. The van der Waals surface area contributed by atoms with E-state index >= 15 is 0 Å². The Morgan fingerprint density at radius 2 is 2.18 bits per heavy atom. The first-order chi connectivity index (χ1) is 13.3. The van der Waals surface area contributed by atoms with E-state index in [4.69, 9.17) is 20.3 Å². The molecule has 28 heavy (non-hydrogen) atoms. The molecule has 2 rings (SSSR count). The van der Waals surface area contributed by atoms with Crippen molar-refractivity contribution in [1.82, 2.24) is 5.32 Å². The highest BCUT2D eigenvalue weighted by Crippen LogP contribution is 2.34. The minimum absolute atomic E-state index is 0.230. The van der Waals surface area contributed by atoms with Gasteiger partial charge < -0.3 is 25.6 Å². The van der Waals surface area contributed by atoms with Crippen LogP contribution in [0.3, 0.4) is 0 Å². The smallest absolute Gasteiger partial charge is 0.305 e. The van der Waals surface area contributed by atoms with E-state index in [-0.39, 0.29) is 18.2 Å². The van der Waals surface area contributed by atoms with Gasteiger partial charge in [0.15, 0.2) is 23.3 Å². The van der Waals surface area contributed by atoms with Crippen molar-refractivity contribution >= 4 is 63.5 Å². The molecule has 1 atom stereocenters. The van der Waals surface area contributed by atoms with Gasteiger partial charge in [0.05, 0.1) is 22.8 Å². The average molecular weight is 520 g/mol. The van der Waals surface area contributed by atoms with Gasteiger partial charge >= 0.3 is 5.97 Å². The molecule has 0 bridgehead atoms. The van der Waals surface area contributed by atoms with Crippen molar-refractivity contribution in [3.8, 4) is 11.5 Å². The molecule has 0 aromatic heterocycles. The van der Waals surface area contributed by atoms with E-state index in [9.17, 15) is 14.4 Å². The Morgan fingerprint density at radius 3 is 2.82 bits per heavy atom. The molecule has 1 heterocycles. The number of carbonyl (C=O) groups excluding carboxylic acids is 2. The number of amidine groups is 1. The standard InChI is InChI=1S/C16H17IN4O6S/c1-2-26-10-4-8(3-9(17)14(10)27-7-12(18)22)6-19-21-16-20-15(25)11(28-16)5-13(23)24/h3-4,6,11H,2,5,7H2,1H3,(H2,18,22)(H,23,24)(H,20,21,25). The number of amides is 2. The van der Waals surface area contributed by atoms with Crippen LogP contribution in [0.15, 0.2) is 22.3 Å². The number of hydrogen-bond acceptors (Lipinski definition) is 8. The van der Waals surface area contributed by atoms with E-state index in [2.05, 4.69) is 15.5 Å². The number of rotatable bonds is 9. The van der Waals surface area contributed by atoms with Crippen LogP contribution in [0.1, 0.15) is 18.9 Å². The Labute approximate surface area is 178 Å². The van der Waals surface area contributed by atoms with Crippen LogP contribution in [0.25, 0.3) is 0 Å². The summed E-state index contributed by atoms with van der Waals surface area (Å²) in [6, 6.07) is 3.41. The molecule has 1 fully saturated rings. The number of primary amides is 1. The molecule has 1 aliphatic heterocycles. The Morgan fingerprint density at radius 1 is 1.43 bits per heavy atom. The van der Waals surface area contributed by atoms with Crippen LogP contribution in [0, 0.1) is 3.57 Å². The van der Waals surface area contributed by atoms with E-state index in [0.29, 0.717) is 27.2 Å². The molecular weight excluding hydrogens is 503 g/mol. The van der Waals surface area contributed by atoms with E-state index in [1.54, 1.807) is 12.1 Å². The third-order valence-corrected chi connectivity index (χ3v) is 5.06. The van der Waals surface area contributed by atoms with Gasteiger partial charge in [0.2, 0.25) is 5.91 Å². The molecule has 1 saturated heterocycles. The average Bonchev–Trinajstić information content (AvgIpc) is 2.93. The highest BCUT2D eigenvalue weighted by molar-refractivity contribution is 14.1. The van der Waals surface area contributed by atoms with Gasteiger partial charge in [-0.1, -0.05) is 11.8 Å². The lowest BCUT2D eigenvalue weighted by Crippen LogP contribution is -2.26. The fourth-order valence-corrected chi connectivity index (χ4v) is 3.80. The zero-order valence-corrected chi connectivity index (χ0v) is 17.7. The maximum Gasteiger partial charge on any atom is 0.305 e. The topological polar surface area (TPSA) is 153 Å². The number of benzene rings is 1. The number of carbonyl (C=O) groups is 3. The summed E-state index contributed by atoms with van der Waals surface area (Å²) in [7, 11) is 0. The number of hydrogen-bond donors (Lipinski definition) is 3. The second-order valence-electron chi connectivity index (χ2n) is 5.36. The van der Waals surface area contributed by atoms with Gasteiger partial charge in [-0.15, -0.1) is 5.10 Å². The minimum atomic E-state index is -1.06. The summed E-state index contributed by atoms with van der Waals surface area (Å²) in [5, 5.41) is 18.6. The number of ether oxygens (including phenoxy) is 2. The van der Waals surface area contributed by atoms with E-state index in [1.165, 1.54) is 6.21 Å². The van der Waals surface area contributed by atoms with Crippen LogP contribution >= 0.6 is 34.4 Å². The van der Waals surface area contributed by atoms with Gasteiger partial charge in [-0.25, -0.2) is 0 Å². The van der Waals surface area contributed by atoms with E-state index < -0.39 is 23.0 Å². The Hall–Kier alpha value is -2.35. The van der Waals surface area contributed by atoms with Crippen LogP contribution in [-0.4, -0.2) is 52.7 Å². The van der Waals surface area contributed by atoms with Gasteiger partial charge in [-0.3, -0.25) is 14.4 Å². The molecule has 2 amide bonds. The molecule has 0 radical (unpaired) electrons. The molecule has 150 valence electrons. The highest BCUT2D eigenvalue weighted by atomic mass is 127. The second-order valence-corrected chi connectivity index (χ2v) is 7.71. The summed E-state index contributed by atoms with van der Waals surface area (Å²) >= 11 is 3.05. The van der Waals surface area contributed by atoms with Gasteiger partial charge in [0.25, 0.3) is 5.91 Å². The summed E-state index contributed by atoms with van der Waals surface area (Å²) in [5.41, 5.74) is 5.76. The predicted octanol–water partition coefficient (Wildman–Crippen LogP) is 0.950. The number of nitrogens with zero attached hydrogens (tertiary/aromatic N) is 2. The molecule has 1 aliphatic rings. The van der Waals surface area contributed by atoms with Gasteiger partial charge in [0.1, 0.15) is 5.25 Å². The fraction of sp³-hybridized carbons (Fsp3) is 0.312. The minimum Gasteiger partial charge on any atom is -0.490 e. The van der Waals surface area contributed by atoms with Crippen LogP contribution < -0.4 is 20.5 Å². The van der Waals surface area contributed by atoms with Gasteiger partial charge in [-0.05, 0) is 47.2 Å². The largest absolute Gasteiger partial charge is 0.490 e. The number of nitrogens with two attached hydrogens (primary N) is 1. The third kappa shape index (κ3) is 6.37. The third-order valence-electron chi connectivity index (χ3n) is 3.18. The summed E-state index contributed by atoms with van der Waals surface area (Å²) in [6.07, 6.45) is 1.16. The van der Waals surface area contributed by atoms with Crippen molar-refractivity contribution in [3.63, 3.8) is 0 Å². The van der Waals surface area contributed by atoms with Crippen molar-refractivity contribution in [2.75, 3.05) is 13.2 Å². The fourth-order valence-electron chi connectivity index (χ4n) is 2.10. The Bertz CT molecular complexity index is 845. The molecule has 10 nitrogen and oxygen atoms in total. The summed E-state index contributed by atoms with van der Waals surface area (Å²) in [4.78, 5) is 33.3. The second kappa shape index (κ2) is 10.3. The summed E-state index contributed by atoms with van der Waals surface area (Å²) in [6.45, 7) is 1.93. The molecule has 12 heteroatoms. The van der Waals surface area contributed by atoms with Gasteiger partial charge in [0, 0.05) is 0 Å². The monoisotopic (exact) mass is 520 g/mol. The zero-order chi connectivity index (χ0) is 20.7. The lowest BCUT2D eigenvalue weighted by molar-refractivity contribution is -0.138. The first-order valence-corrected chi connectivity index (χ1v) is 9.93. The maximum atomic E-state index is 11.7. The SMILES string of the molecule is CCOc1cc(C=NN=C2NC(=O)C(CC(=O)O)S2)cc(I)c1OCC(N)=O. The molecule has 4 N–H and O–H groups in total. The Balaban J connectivity index is 2.14. The van der Waals surface area contributed by atoms with Gasteiger partial charge in [-0.2, -0.15) is 5.10 Å². The molecule has 0 saturated carbocycles. The van der Waals surface area contributed by atoms with Crippen LogP contribution in [-0.2, 0) is 14.4 Å². The number of thioether (sulfide) groups is 1.